The summed E-state index contributed by atoms with van der Waals surface area (Å²) in [6.07, 6.45) is 17.3. The lowest BCUT2D eigenvalue weighted by atomic mass is 9.85. The number of hydrogen-bond donors (Lipinski definition) is 6. The lowest BCUT2D eigenvalue weighted by Gasteiger charge is -2.41. The molecule has 1 fully saturated rings. The van der Waals surface area contributed by atoms with Crippen molar-refractivity contribution in [2.75, 3.05) is 13.2 Å². The van der Waals surface area contributed by atoms with E-state index in [9.17, 15) is 44.6 Å². The zero-order chi connectivity index (χ0) is 40.7. The second-order valence-electron chi connectivity index (χ2n) is 15.6. The molecule has 0 spiro atoms. The number of aliphatic hydroxyl groups is 5. The van der Waals surface area contributed by atoms with Gasteiger partial charge in [0.1, 0.15) is 43.2 Å². The quantitative estimate of drug-likeness (QED) is 0.0204. The summed E-state index contributed by atoms with van der Waals surface area (Å²) < 4.78 is 33.4. The van der Waals surface area contributed by atoms with E-state index in [2.05, 4.69) is 13.8 Å². The number of unbranched alkanes of at least 4 members (excludes halogenated alkanes) is 24. The summed E-state index contributed by atoms with van der Waals surface area (Å²) in [7, 11) is -5.10. The highest BCUT2D eigenvalue weighted by Gasteiger charge is 2.51. The van der Waals surface area contributed by atoms with E-state index in [-0.39, 0.29) is 12.8 Å². The van der Waals surface area contributed by atoms with E-state index in [1.807, 2.05) is 0 Å². The van der Waals surface area contributed by atoms with Crippen LogP contribution in [0, 0.1) is 0 Å². The minimum atomic E-state index is -5.10. The first kappa shape index (κ1) is 51.9. The lowest BCUT2D eigenvalue weighted by molar-refractivity contribution is -0.220. The van der Waals surface area contributed by atoms with Gasteiger partial charge in [-0.2, -0.15) is 0 Å². The highest BCUT2D eigenvalue weighted by atomic mass is 31.2. The van der Waals surface area contributed by atoms with Crippen LogP contribution < -0.4 is 0 Å². The summed E-state index contributed by atoms with van der Waals surface area (Å²) in [5.41, 5.74) is 0. The minimum absolute atomic E-state index is 0.104. The van der Waals surface area contributed by atoms with Crippen molar-refractivity contribution in [3.05, 3.63) is 0 Å². The van der Waals surface area contributed by atoms with E-state index in [1.165, 1.54) is 116 Å². The molecule has 8 atom stereocenters. The number of phosphoric ester groups is 1. The summed E-state index contributed by atoms with van der Waals surface area (Å²) in [5, 5.41) is 50.0. The third kappa shape index (κ3) is 25.7. The first-order chi connectivity index (χ1) is 26.4. The topological polar surface area (TPSA) is 210 Å². The molecule has 0 aliphatic heterocycles. The number of phosphoric acid groups is 1. The molecule has 13 nitrogen and oxygen atoms in total. The molecule has 55 heavy (non-hydrogen) atoms. The van der Waals surface area contributed by atoms with Crippen molar-refractivity contribution in [2.45, 2.75) is 236 Å². The fourth-order valence-corrected chi connectivity index (χ4v) is 7.85. The van der Waals surface area contributed by atoms with Crippen LogP contribution in [-0.4, -0.2) is 98.3 Å². The molecule has 326 valence electrons. The fourth-order valence-electron chi connectivity index (χ4n) is 6.88. The Bertz CT molecular complexity index is 985. The van der Waals surface area contributed by atoms with E-state index < -0.39 is 75.7 Å². The van der Waals surface area contributed by atoms with Crippen LogP contribution in [0.1, 0.15) is 194 Å². The Morgan fingerprint density at radius 3 is 1.20 bits per heavy atom. The molecule has 6 N–H and O–H groups in total. The van der Waals surface area contributed by atoms with Gasteiger partial charge in [0.15, 0.2) is 6.10 Å². The van der Waals surface area contributed by atoms with E-state index in [0.717, 1.165) is 38.5 Å². The van der Waals surface area contributed by atoms with Crippen LogP contribution in [0.4, 0.5) is 0 Å². The molecule has 1 saturated carbocycles. The number of esters is 2. The van der Waals surface area contributed by atoms with Gasteiger partial charge in [-0.3, -0.25) is 18.6 Å². The summed E-state index contributed by atoms with van der Waals surface area (Å²) >= 11 is 0. The summed E-state index contributed by atoms with van der Waals surface area (Å²) in [6, 6.07) is 0. The Hall–Kier alpha value is -1.15. The largest absolute Gasteiger partial charge is 0.472 e. The molecule has 0 heterocycles. The molecular weight excluding hydrogens is 731 g/mol. The lowest BCUT2D eigenvalue weighted by Crippen LogP contribution is -2.64. The molecule has 4 unspecified atom stereocenters. The summed E-state index contributed by atoms with van der Waals surface area (Å²) in [5.74, 6) is -1.09. The monoisotopic (exact) mass is 811 g/mol. The zero-order valence-corrected chi connectivity index (χ0v) is 35.1. The zero-order valence-electron chi connectivity index (χ0n) is 34.2. The predicted octanol–water partition coefficient (Wildman–Crippen LogP) is 7.72. The number of hydrogen-bond acceptors (Lipinski definition) is 12. The van der Waals surface area contributed by atoms with Crippen LogP contribution in [0.2, 0.25) is 0 Å². The van der Waals surface area contributed by atoms with E-state index in [0.29, 0.717) is 12.8 Å². The Morgan fingerprint density at radius 2 is 0.818 bits per heavy atom. The van der Waals surface area contributed by atoms with Gasteiger partial charge in [0.2, 0.25) is 0 Å². The van der Waals surface area contributed by atoms with Crippen molar-refractivity contribution < 1.29 is 63.1 Å². The SMILES string of the molecule is CCCCCCCCCCCCCCCC(=O)OCC(COP(=O)(O)OC1[C@H](O)[C@H](O)C(O)[C@H](O)[C@H]1O)OC(=O)CCCCCCCCCCCCCCC. The van der Waals surface area contributed by atoms with Gasteiger partial charge in [-0.1, -0.05) is 168 Å². The first-order valence-corrected chi connectivity index (χ1v) is 23.3. The maximum absolute atomic E-state index is 12.8. The van der Waals surface area contributed by atoms with Crippen molar-refractivity contribution in [1.29, 1.82) is 0 Å². The van der Waals surface area contributed by atoms with Crippen molar-refractivity contribution >= 4 is 19.8 Å². The normalized spacial score (nSPS) is 23.0. The van der Waals surface area contributed by atoms with Crippen LogP contribution in [-0.2, 0) is 32.7 Å². The Labute approximate surface area is 331 Å². The third-order valence-corrected chi connectivity index (χ3v) is 11.4. The summed E-state index contributed by atoms with van der Waals surface area (Å²) in [4.78, 5) is 35.6. The highest BCUT2D eigenvalue weighted by Crippen LogP contribution is 2.47. The average molecular weight is 811 g/mol. The Kier molecular flexibility index (Phi) is 30.9. The van der Waals surface area contributed by atoms with Crippen molar-refractivity contribution in [1.82, 2.24) is 0 Å². The van der Waals surface area contributed by atoms with Crippen LogP contribution in [0.25, 0.3) is 0 Å². The standard InChI is InChI=1S/C41H79O13P/c1-3-5-7-9-11-13-15-17-19-21-23-25-27-29-34(42)51-31-33(32-52-55(49,50)54-41-39(47)37(45)36(44)38(46)40(41)48)53-35(43)30-28-26-24-22-20-18-16-14-12-10-8-6-4-2/h33,36-41,44-48H,3-32H2,1-2H3,(H,49,50)/t33?,36?,37-,38+,39-,40-,41?/m1/s1. The van der Waals surface area contributed by atoms with Gasteiger partial charge in [0.05, 0.1) is 6.61 Å². The van der Waals surface area contributed by atoms with Gasteiger partial charge in [-0.15, -0.1) is 0 Å². The first-order valence-electron chi connectivity index (χ1n) is 21.8. The van der Waals surface area contributed by atoms with Crippen LogP contribution in [0.15, 0.2) is 0 Å². The average Bonchev–Trinajstić information content (AvgIpc) is 3.16. The molecule has 1 aliphatic carbocycles. The van der Waals surface area contributed by atoms with Crippen molar-refractivity contribution in [3.63, 3.8) is 0 Å². The number of aliphatic hydroxyl groups excluding tert-OH is 5. The minimum Gasteiger partial charge on any atom is -0.462 e. The van der Waals surface area contributed by atoms with Gasteiger partial charge >= 0.3 is 19.8 Å². The predicted molar refractivity (Wildman–Crippen MR) is 212 cm³/mol. The number of carbonyl (C=O) groups is 2. The maximum atomic E-state index is 12.8. The molecular formula is C41H79O13P. The highest BCUT2D eigenvalue weighted by molar-refractivity contribution is 7.47. The van der Waals surface area contributed by atoms with Gasteiger partial charge in [0, 0.05) is 12.8 Å². The Balaban J connectivity index is 2.48. The Morgan fingerprint density at radius 1 is 0.491 bits per heavy atom. The molecule has 1 aliphatic rings. The van der Waals surface area contributed by atoms with E-state index >= 15 is 0 Å². The number of rotatable bonds is 36. The van der Waals surface area contributed by atoms with Gasteiger partial charge in [-0.05, 0) is 12.8 Å². The smallest absolute Gasteiger partial charge is 0.462 e. The van der Waals surface area contributed by atoms with Crippen molar-refractivity contribution in [3.8, 4) is 0 Å². The molecule has 14 heteroatoms. The molecule has 0 bridgehead atoms. The number of ether oxygens (including phenoxy) is 2. The van der Waals surface area contributed by atoms with Gasteiger partial charge < -0.3 is 39.9 Å². The molecule has 0 amide bonds. The van der Waals surface area contributed by atoms with Gasteiger partial charge in [-0.25, -0.2) is 4.57 Å². The van der Waals surface area contributed by atoms with E-state index in [1.54, 1.807) is 0 Å². The maximum Gasteiger partial charge on any atom is 0.472 e. The van der Waals surface area contributed by atoms with Crippen LogP contribution in [0.5, 0.6) is 0 Å². The third-order valence-electron chi connectivity index (χ3n) is 10.4. The summed E-state index contributed by atoms with van der Waals surface area (Å²) in [6.45, 7) is 3.29. The molecule has 1 rings (SSSR count). The molecule has 0 radical (unpaired) electrons. The molecule has 0 saturated heterocycles. The number of carbonyl (C=O) groups excluding carboxylic acids is 2. The molecule has 0 aromatic carbocycles. The van der Waals surface area contributed by atoms with Crippen molar-refractivity contribution in [2.24, 2.45) is 0 Å². The fraction of sp³-hybridized carbons (Fsp3) is 0.951. The molecule has 0 aromatic heterocycles. The second-order valence-corrected chi connectivity index (χ2v) is 17.0. The van der Waals surface area contributed by atoms with Gasteiger partial charge in [0.25, 0.3) is 0 Å². The van der Waals surface area contributed by atoms with Crippen LogP contribution >= 0.6 is 7.82 Å². The van der Waals surface area contributed by atoms with E-state index in [4.69, 9.17) is 18.5 Å². The second kappa shape index (κ2) is 32.8. The van der Waals surface area contributed by atoms with Crippen LogP contribution in [0.3, 0.4) is 0 Å². The molecule has 0 aromatic rings.